The third-order valence-electron chi connectivity index (χ3n) is 12.3. The number of phenolic OH excluding ortho intramolecular Hbond substituents is 1. The summed E-state index contributed by atoms with van der Waals surface area (Å²) in [4.78, 5) is 29.6. The van der Waals surface area contributed by atoms with Gasteiger partial charge >= 0.3 is 11.9 Å². The van der Waals surface area contributed by atoms with E-state index in [0.29, 0.717) is 72.2 Å². The van der Waals surface area contributed by atoms with E-state index in [0.717, 1.165) is 46.2 Å². The van der Waals surface area contributed by atoms with Gasteiger partial charge in [-0.05, 0) is 87.3 Å². The van der Waals surface area contributed by atoms with Crippen molar-refractivity contribution in [3.8, 4) is 40.2 Å². The van der Waals surface area contributed by atoms with Crippen molar-refractivity contribution < 1.29 is 53.0 Å². The van der Waals surface area contributed by atoms with Crippen LogP contribution in [0, 0.1) is 13.8 Å². The number of aliphatic hydroxyl groups is 1. The Hall–Kier alpha value is -4.41. The number of aliphatic hydroxyl groups excluding tert-OH is 1. The zero-order chi connectivity index (χ0) is 41.0. The van der Waals surface area contributed by atoms with Crippen molar-refractivity contribution in [1.82, 2.24) is 15.5 Å². The summed E-state index contributed by atoms with van der Waals surface area (Å²) >= 11 is 1.65. The lowest BCUT2D eigenvalue weighted by Crippen LogP contribution is -2.54. The molecule has 0 amide bonds. The van der Waals surface area contributed by atoms with Crippen LogP contribution in [0.2, 0.25) is 0 Å². The minimum absolute atomic E-state index is 0.00824. The van der Waals surface area contributed by atoms with E-state index < -0.39 is 30.1 Å². The van der Waals surface area contributed by atoms with Gasteiger partial charge in [0.05, 0.1) is 37.7 Å². The van der Waals surface area contributed by atoms with Gasteiger partial charge in [-0.25, -0.2) is 4.79 Å². The van der Waals surface area contributed by atoms with Crippen molar-refractivity contribution in [3.63, 3.8) is 0 Å². The number of hydrogen-bond donors (Lipinski definition) is 4. The van der Waals surface area contributed by atoms with E-state index in [-0.39, 0.29) is 48.3 Å². The van der Waals surface area contributed by atoms with E-state index >= 15 is 0 Å². The first-order valence-electron chi connectivity index (χ1n) is 19.9. The molecular weight excluding hydrogens is 767 g/mol. The number of ether oxygens (including phenoxy) is 7. The minimum atomic E-state index is -0.791. The summed E-state index contributed by atoms with van der Waals surface area (Å²) in [5, 5.41) is 27.5. The molecule has 5 aliphatic rings. The fourth-order valence-electron chi connectivity index (χ4n) is 9.72. The number of hydrogen-bond acceptors (Lipinski definition) is 15. The highest BCUT2D eigenvalue weighted by molar-refractivity contribution is 7.98. The van der Waals surface area contributed by atoms with Gasteiger partial charge in [-0.15, -0.1) is 0 Å². The molecule has 312 valence electrons. The molecule has 14 nitrogen and oxygen atoms in total. The molecule has 3 unspecified atom stereocenters. The monoisotopic (exact) mass is 819 g/mol. The predicted octanol–water partition coefficient (Wildman–Crippen LogP) is 5.05. The smallest absolute Gasteiger partial charge is 0.327 e. The van der Waals surface area contributed by atoms with Crippen molar-refractivity contribution in [3.05, 3.63) is 62.7 Å². The van der Waals surface area contributed by atoms with Gasteiger partial charge in [0.2, 0.25) is 6.79 Å². The van der Waals surface area contributed by atoms with Crippen molar-refractivity contribution in [2.24, 2.45) is 0 Å². The van der Waals surface area contributed by atoms with Crippen LogP contribution in [0.15, 0.2) is 18.2 Å². The largest absolute Gasteiger partial charge is 0.504 e. The first-order chi connectivity index (χ1) is 28.0. The molecule has 0 radical (unpaired) electrons. The molecule has 1 fully saturated rings. The van der Waals surface area contributed by atoms with Crippen LogP contribution in [0.1, 0.15) is 94.1 Å². The molecule has 4 heterocycles. The van der Waals surface area contributed by atoms with Crippen LogP contribution < -0.4 is 39.1 Å². The van der Waals surface area contributed by atoms with E-state index in [1.807, 2.05) is 20.9 Å². The number of nitrogens with one attached hydrogen (secondary N) is 2. The average Bonchev–Trinajstić information content (AvgIpc) is 3.68. The lowest BCUT2D eigenvalue weighted by molar-refractivity contribution is -0.149. The summed E-state index contributed by atoms with van der Waals surface area (Å²) in [5.41, 5.74) is 6.83. The van der Waals surface area contributed by atoms with Gasteiger partial charge in [-0.2, -0.15) is 11.8 Å². The van der Waals surface area contributed by atoms with Crippen LogP contribution >= 0.6 is 11.8 Å². The molecule has 5 atom stereocenters. The van der Waals surface area contributed by atoms with Crippen molar-refractivity contribution in [2.45, 2.75) is 94.5 Å². The maximum Gasteiger partial charge on any atom is 0.327 e. The third-order valence-corrected chi connectivity index (χ3v) is 13.4. The number of carbonyl (C=O) groups excluding carboxylic acids is 2. The standard InChI is InChI=1S/C43H53N3O11S/c1-20-13-24-9-8-12-46-28(18-53-43(50)34-27-17-30(51-5)29(49)14-23(27)10-11-45-34)32-33(38(56-22(3)47)21(2)39-40(32)55-19-54-39)42(58-7)36(46)35(44-4)31(24)41(37(20)52-6)57-26-15-25(48)16-26/h13-14,17,25-26,28,34-36,42,44-45,48-49H,8-12,15-16,18-19H2,1-7H3/t25?,26?,28-,34?,35+,36?,42?/m0/s1. The number of aryl methyl sites for hydroxylation is 2. The number of carbonyl (C=O) groups is 2. The Labute approximate surface area is 342 Å². The molecule has 0 saturated heterocycles. The molecule has 1 saturated carbocycles. The van der Waals surface area contributed by atoms with Crippen LogP contribution in [0.25, 0.3) is 0 Å². The molecule has 58 heavy (non-hydrogen) atoms. The second-order valence-electron chi connectivity index (χ2n) is 15.7. The summed E-state index contributed by atoms with van der Waals surface area (Å²) in [6, 6.07) is 3.54. The lowest BCUT2D eigenvalue weighted by Gasteiger charge is -2.51. The minimum Gasteiger partial charge on any atom is -0.504 e. The van der Waals surface area contributed by atoms with Crippen molar-refractivity contribution in [2.75, 3.05) is 54.0 Å². The zero-order valence-electron chi connectivity index (χ0n) is 34.1. The Morgan fingerprint density at radius 1 is 1.00 bits per heavy atom. The summed E-state index contributed by atoms with van der Waals surface area (Å²) < 4.78 is 43.1. The van der Waals surface area contributed by atoms with E-state index in [4.69, 9.17) is 33.2 Å². The normalized spacial score (nSPS) is 25.8. The maximum absolute atomic E-state index is 14.3. The second kappa shape index (κ2) is 16.3. The Morgan fingerprint density at radius 2 is 1.78 bits per heavy atom. The maximum atomic E-state index is 14.3. The molecule has 3 aromatic carbocycles. The van der Waals surface area contributed by atoms with Crippen LogP contribution in [-0.4, -0.2) is 99.3 Å². The summed E-state index contributed by atoms with van der Waals surface area (Å²) in [5.74, 6) is 2.13. The summed E-state index contributed by atoms with van der Waals surface area (Å²) in [6.45, 7) is 6.40. The average molecular weight is 820 g/mol. The highest BCUT2D eigenvalue weighted by Gasteiger charge is 2.51. The molecule has 0 bridgehead atoms. The van der Waals surface area contributed by atoms with Crippen LogP contribution in [-0.2, 0) is 27.2 Å². The van der Waals surface area contributed by atoms with Gasteiger partial charge in [0.25, 0.3) is 0 Å². The van der Waals surface area contributed by atoms with Gasteiger partial charge in [0.15, 0.2) is 34.5 Å². The SMILES string of the molecule is CN[C@@H]1c2c(cc(C)c(OC)c2OC2CC(O)C2)CCCN2C1C(SC)c1c(OC(C)=O)c(C)c3c(c1[C@@H]2COC(=O)C1NCCc2cc(O)c(OC)cc21)OCO3. The summed E-state index contributed by atoms with van der Waals surface area (Å²) in [7, 11) is 5.07. The number of benzene rings is 3. The van der Waals surface area contributed by atoms with E-state index in [2.05, 4.69) is 27.9 Å². The number of phenols is 1. The Bertz CT molecular complexity index is 2110. The second-order valence-corrected chi connectivity index (χ2v) is 16.7. The van der Waals surface area contributed by atoms with Crippen molar-refractivity contribution >= 4 is 23.7 Å². The third kappa shape index (κ3) is 6.87. The van der Waals surface area contributed by atoms with Gasteiger partial charge in [0, 0.05) is 54.6 Å². The number of esters is 2. The number of nitrogens with zero attached hydrogens (tertiary/aromatic N) is 1. The van der Waals surface area contributed by atoms with E-state index in [1.54, 1.807) is 31.0 Å². The number of methoxy groups -OCH3 is 2. The first-order valence-corrected chi connectivity index (χ1v) is 21.2. The topological polar surface area (TPSA) is 167 Å². The van der Waals surface area contributed by atoms with E-state index in [1.165, 1.54) is 14.0 Å². The number of thioether (sulfide) groups is 1. The molecule has 3 aromatic rings. The van der Waals surface area contributed by atoms with E-state index in [9.17, 15) is 19.8 Å². The van der Waals surface area contributed by atoms with Crippen LogP contribution in [0.4, 0.5) is 0 Å². The highest BCUT2D eigenvalue weighted by Crippen LogP contribution is 2.60. The van der Waals surface area contributed by atoms with Gasteiger partial charge in [-0.1, -0.05) is 6.07 Å². The molecule has 8 rings (SSSR count). The molecular formula is C43H53N3O11S. The number of aromatic hydroxyl groups is 1. The van der Waals surface area contributed by atoms with Crippen LogP contribution in [0.5, 0.6) is 40.2 Å². The van der Waals surface area contributed by atoms with Crippen LogP contribution in [0.3, 0.4) is 0 Å². The molecule has 15 heteroatoms. The molecule has 4 N–H and O–H groups in total. The Morgan fingerprint density at radius 3 is 2.47 bits per heavy atom. The molecule has 0 aromatic heterocycles. The molecule has 0 spiro atoms. The predicted molar refractivity (Wildman–Crippen MR) is 216 cm³/mol. The van der Waals surface area contributed by atoms with Gasteiger partial charge in [0.1, 0.15) is 24.5 Å². The first kappa shape index (κ1) is 40.4. The highest BCUT2D eigenvalue weighted by atomic mass is 32.2. The number of rotatable bonds is 10. The Balaban J connectivity index is 1.28. The molecule has 4 aliphatic heterocycles. The fraction of sp³-hybridized carbons (Fsp3) is 0.535. The lowest BCUT2D eigenvalue weighted by atomic mass is 9.78. The Kier molecular flexibility index (Phi) is 11.4. The van der Waals surface area contributed by atoms with Gasteiger partial charge in [-0.3, -0.25) is 9.69 Å². The fourth-order valence-corrected chi connectivity index (χ4v) is 10.8. The quantitative estimate of drug-likeness (QED) is 0.159. The number of likely N-dealkylation sites (N-methyl/N-ethyl adjacent to an activating group) is 1. The summed E-state index contributed by atoms with van der Waals surface area (Å²) in [6.07, 6.45) is 4.71. The number of fused-ring (bicyclic) bond motifs is 6. The van der Waals surface area contributed by atoms with Gasteiger partial charge < -0.3 is 54.0 Å². The molecule has 1 aliphatic carbocycles. The van der Waals surface area contributed by atoms with Crippen molar-refractivity contribution in [1.29, 1.82) is 0 Å². The zero-order valence-corrected chi connectivity index (χ0v) is 34.9.